The Morgan fingerprint density at radius 1 is 1.33 bits per heavy atom. The lowest BCUT2D eigenvalue weighted by Gasteiger charge is -2.33. The number of morpholine rings is 1. The van der Waals surface area contributed by atoms with Crippen LogP contribution in [0, 0.1) is 5.82 Å². The zero-order valence-corrected chi connectivity index (χ0v) is 11.4. The van der Waals surface area contributed by atoms with E-state index >= 15 is 0 Å². The van der Waals surface area contributed by atoms with Crippen LogP contribution in [0.5, 0.6) is 0 Å². The fourth-order valence-corrected chi connectivity index (χ4v) is 2.28. The molecule has 1 aromatic carbocycles. The maximum absolute atomic E-state index is 12.9. The van der Waals surface area contributed by atoms with Gasteiger partial charge >= 0.3 is 0 Å². The summed E-state index contributed by atoms with van der Waals surface area (Å²) in [5.74, 6) is 0.589. The maximum atomic E-state index is 12.9. The smallest absolute Gasteiger partial charge is 0.257 e. The average molecular weight is 293 g/mol. The fourth-order valence-electron chi connectivity index (χ4n) is 2.28. The first kappa shape index (κ1) is 14.1. The molecule has 0 bridgehead atoms. The summed E-state index contributed by atoms with van der Waals surface area (Å²) in [6.07, 6.45) is 0. The lowest BCUT2D eigenvalue weighted by molar-refractivity contribution is -0.0324. The van der Waals surface area contributed by atoms with E-state index in [1.54, 1.807) is 12.1 Å². The Morgan fingerprint density at radius 2 is 2.14 bits per heavy atom. The number of nitrogens with zero attached hydrogens (tertiary/aromatic N) is 3. The molecule has 112 valence electrons. The van der Waals surface area contributed by atoms with E-state index in [-0.39, 0.29) is 18.5 Å². The van der Waals surface area contributed by atoms with E-state index in [1.165, 1.54) is 12.1 Å². The van der Waals surface area contributed by atoms with Crippen molar-refractivity contribution in [3.05, 3.63) is 35.9 Å². The number of hydrogen-bond acceptors (Lipinski definition) is 6. The molecule has 0 aliphatic carbocycles. The molecule has 2 aromatic rings. The van der Waals surface area contributed by atoms with Crippen molar-refractivity contribution in [3.63, 3.8) is 0 Å². The van der Waals surface area contributed by atoms with Gasteiger partial charge in [-0.25, -0.2) is 4.39 Å². The van der Waals surface area contributed by atoms with Crippen LogP contribution in [0.2, 0.25) is 0 Å². The summed E-state index contributed by atoms with van der Waals surface area (Å²) < 4.78 is 23.4. The van der Waals surface area contributed by atoms with Crippen LogP contribution in [0.4, 0.5) is 4.39 Å². The van der Waals surface area contributed by atoms with Crippen LogP contribution in [0.15, 0.2) is 28.8 Å². The lowest BCUT2D eigenvalue weighted by atomic mass is 10.2. The maximum Gasteiger partial charge on any atom is 0.257 e. The molecule has 1 aliphatic rings. The van der Waals surface area contributed by atoms with Gasteiger partial charge < -0.3 is 14.4 Å². The second-order valence-electron chi connectivity index (χ2n) is 4.90. The summed E-state index contributed by atoms with van der Waals surface area (Å²) in [7, 11) is 0. The minimum Gasteiger partial charge on any atom is -0.395 e. The van der Waals surface area contributed by atoms with Crippen molar-refractivity contribution >= 4 is 0 Å². The predicted molar refractivity (Wildman–Crippen MR) is 71.8 cm³/mol. The molecule has 1 unspecified atom stereocenters. The van der Waals surface area contributed by atoms with Gasteiger partial charge in [0.25, 0.3) is 5.89 Å². The summed E-state index contributed by atoms with van der Waals surface area (Å²) in [6, 6.07) is 5.84. The number of aliphatic hydroxyl groups excluding tert-OH is 1. The Labute approximate surface area is 121 Å². The summed E-state index contributed by atoms with van der Waals surface area (Å²) in [4.78, 5) is 6.37. The predicted octanol–water partition coefficient (Wildman–Crippen LogP) is 1.07. The van der Waals surface area contributed by atoms with Gasteiger partial charge in [-0.15, -0.1) is 0 Å². The van der Waals surface area contributed by atoms with E-state index < -0.39 is 0 Å². The summed E-state index contributed by atoms with van der Waals surface area (Å²) in [6.45, 7) is 2.35. The van der Waals surface area contributed by atoms with Gasteiger partial charge in [-0.1, -0.05) is 5.16 Å². The normalized spacial score (nSPS) is 19.8. The van der Waals surface area contributed by atoms with Gasteiger partial charge in [-0.2, -0.15) is 4.98 Å². The number of aromatic nitrogens is 2. The Bertz CT molecular complexity index is 587. The molecule has 2 heterocycles. The highest BCUT2D eigenvalue weighted by Crippen LogP contribution is 2.18. The van der Waals surface area contributed by atoms with E-state index in [9.17, 15) is 9.50 Å². The Kier molecular flexibility index (Phi) is 4.23. The Balaban J connectivity index is 1.71. The third kappa shape index (κ3) is 3.26. The highest BCUT2D eigenvalue weighted by molar-refractivity contribution is 5.52. The molecule has 0 spiro atoms. The van der Waals surface area contributed by atoms with E-state index in [0.717, 1.165) is 0 Å². The van der Waals surface area contributed by atoms with Crippen molar-refractivity contribution in [2.75, 3.05) is 26.4 Å². The minimum atomic E-state index is -0.308. The number of aliphatic hydroxyl groups is 1. The Morgan fingerprint density at radius 3 is 2.90 bits per heavy atom. The van der Waals surface area contributed by atoms with E-state index in [0.29, 0.717) is 43.6 Å². The molecule has 1 N–H and O–H groups in total. The molecular weight excluding hydrogens is 277 g/mol. The van der Waals surface area contributed by atoms with Crippen LogP contribution in [0.25, 0.3) is 11.5 Å². The quantitative estimate of drug-likeness (QED) is 0.909. The summed E-state index contributed by atoms with van der Waals surface area (Å²) >= 11 is 0. The topological polar surface area (TPSA) is 71.6 Å². The second-order valence-corrected chi connectivity index (χ2v) is 4.90. The van der Waals surface area contributed by atoms with E-state index in [2.05, 4.69) is 15.0 Å². The van der Waals surface area contributed by atoms with Gasteiger partial charge in [0.1, 0.15) is 5.82 Å². The molecule has 21 heavy (non-hydrogen) atoms. The molecule has 0 saturated carbocycles. The average Bonchev–Trinajstić information content (AvgIpc) is 2.97. The molecule has 1 atom stereocenters. The van der Waals surface area contributed by atoms with Crippen molar-refractivity contribution in [1.82, 2.24) is 15.0 Å². The minimum absolute atomic E-state index is 0.0304. The molecule has 0 radical (unpaired) electrons. The molecule has 3 rings (SSSR count). The zero-order chi connectivity index (χ0) is 14.7. The van der Waals surface area contributed by atoms with Crippen LogP contribution in [-0.2, 0) is 11.3 Å². The van der Waals surface area contributed by atoms with Crippen molar-refractivity contribution in [2.45, 2.75) is 12.6 Å². The third-order valence-electron chi connectivity index (χ3n) is 3.46. The summed E-state index contributed by atoms with van der Waals surface area (Å²) in [5, 5.41) is 13.3. The molecule has 1 fully saturated rings. The van der Waals surface area contributed by atoms with Crippen LogP contribution in [-0.4, -0.2) is 52.6 Å². The van der Waals surface area contributed by atoms with Gasteiger partial charge in [-0.05, 0) is 24.3 Å². The molecule has 1 aromatic heterocycles. The van der Waals surface area contributed by atoms with Gasteiger partial charge in [0.05, 0.1) is 32.4 Å². The molecule has 1 aliphatic heterocycles. The second kappa shape index (κ2) is 6.30. The number of hydrogen-bond donors (Lipinski definition) is 1. The molecular formula is C14H16FN3O3. The van der Waals surface area contributed by atoms with Crippen molar-refractivity contribution in [2.24, 2.45) is 0 Å². The molecule has 6 nitrogen and oxygen atoms in total. The third-order valence-corrected chi connectivity index (χ3v) is 3.46. The standard InChI is InChI=1S/C14H16FN3O3/c15-11-3-1-10(2-4-11)14-16-13(17-21-14)7-18-5-6-20-9-12(18)8-19/h1-4,12,19H,5-9H2. The number of halogens is 1. The lowest BCUT2D eigenvalue weighted by Crippen LogP contribution is -2.47. The zero-order valence-electron chi connectivity index (χ0n) is 11.4. The number of rotatable bonds is 4. The largest absolute Gasteiger partial charge is 0.395 e. The molecule has 7 heteroatoms. The van der Waals surface area contributed by atoms with E-state index in [1.807, 2.05) is 0 Å². The Hall–Kier alpha value is -1.83. The van der Waals surface area contributed by atoms with Crippen molar-refractivity contribution in [3.8, 4) is 11.5 Å². The van der Waals surface area contributed by atoms with Crippen molar-refractivity contribution in [1.29, 1.82) is 0 Å². The van der Waals surface area contributed by atoms with Crippen molar-refractivity contribution < 1.29 is 18.8 Å². The highest BCUT2D eigenvalue weighted by Gasteiger charge is 2.24. The first-order valence-corrected chi connectivity index (χ1v) is 6.77. The van der Waals surface area contributed by atoms with Gasteiger partial charge in [0.2, 0.25) is 0 Å². The molecule has 1 saturated heterocycles. The van der Waals surface area contributed by atoms with E-state index in [4.69, 9.17) is 9.26 Å². The first-order valence-electron chi connectivity index (χ1n) is 6.77. The van der Waals surface area contributed by atoms with Gasteiger partial charge in [0, 0.05) is 12.1 Å². The SMILES string of the molecule is OCC1COCCN1Cc1noc(-c2ccc(F)cc2)n1. The van der Waals surface area contributed by atoms with Crippen LogP contribution >= 0.6 is 0 Å². The monoisotopic (exact) mass is 293 g/mol. The van der Waals surface area contributed by atoms with Gasteiger partial charge in [0.15, 0.2) is 5.82 Å². The van der Waals surface area contributed by atoms with Crippen LogP contribution in [0.1, 0.15) is 5.82 Å². The first-order chi connectivity index (χ1) is 10.3. The number of benzene rings is 1. The van der Waals surface area contributed by atoms with Crippen LogP contribution in [0.3, 0.4) is 0 Å². The molecule has 0 amide bonds. The van der Waals surface area contributed by atoms with Crippen LogP contribution < -0.4 is 0 Å². The summed E-state index contributed by atoms with van der Waals surface area (Å²) in [5.41, 5.74) is 0.677. The number of ether oxygens (including phenoxy) is 1. The van der Waals surface area contributed by atoms with Gasteiger partial charge in [-0.3, -0.25) is 4.90 Å². The fraction of sp³-hybridized carbons (Fsp3) is 0.429. The highest BCUT2D eigenvalue weighted by atomic mass is 19.1.